The van der Waals surface area contributed by atoms with Gasteiger partial charge in [0.15, 0.2) is 5.78 Å². The maximum Gasteiger partial charge on any atom is 0.191 e. The topological polar surface area (TPSA) is 40.5 Å². The number of anilines is 1. The maximum absolute atomic E-state index is 13.3. The van der Waals surface area contributed by atoms with Gasteiger partial charge in [-0.3, -0.25) is 4.79 Å². The number of hydrogen-bond donors (Lipinski definition) is 1. The van der Waals surface area contributed by atoms with Gasteiger partial charge < -0.3 is 10.0 Å². The van der Waals surface area contributed by atoms with Crippen molar-refractivity contribution in [2.24, 2.45) is 0 Å². The SMILES string of the molecule is O=C(C1=CN(c2ccccc2)[C@H](O)C[C@H]1c1ccccc1)c1ccccc1. The summed E-state index contributed by atoms with van der Waals surface area (Å²) >= 11 is 0. The van der Waals surface area contributed by atoms with Crippen LogP contribution in [0.2, 0.25) is 0 Å². The van der Waals surface area contributed by atoms with E-state index in [-0.39, 0.29) is 11.7 Å². The molecular formula is C24H21NO2. The number of carbonyl (C=O) groups excluding carboxylic acids is 1. The van der Waals surface area contributed by atoms with Crippen LogP contribution in [0.1, 0.15) is 28.3 Å². The van der Waals surface area contributed by atoms with Crippen LogP contribution in [0.4, 0.5) is 5.69 Å². The lowest BCUT2D eigenvalue weighted by Crippen LogP contribution is -2.38. The van der Waals surface area contributed by atoms with Gasteiger partial charge in [0.05, 0.1) is 0 Å². The molecule has 0 aromatic heterocycles. The third-order valence-electron chi connectivity index (χ3n) is 4.98. The van der Waals surface area contributed by atoms with E-state index in [4.69, 9.17) is 0 Å². The van der Waals surface area contributed by atoms with E-state index in [0.717, 1.165) is 11.3 Å². The van der Waals surface area contributed by atoms with E-state index in [1.54, 1.807) is 4.90 Å². The van der Waals surface area contributed by atoms with E-state index < -0.39 is 6.23 Å². The fourth-order valence-electron chi connectivity index (χ4n) is 3.60. The zero-order valence-corrected chi connectivity index (χ0v) is 14.9. The highest BCUT2D eigenvalue weighted by Gasteiger charge is 2.33. The predicted molar refractivity (Wildman–Crippen MR) is 108 cm³/mol. The number of para-hydroxylation sites is 1. The Bertz CT molecular complexity index is 936. The number of aliphatic hydroxyl groups excluding tert-OH is 1. The fourth-order valence-corrected chi connectivity index (χ4v) is 3.60. The smallest absolute Gasteiger partial charge is 0.191 e. The fraction of sp³-hybridized carbons (Fsp3) is 0.125. The van der Waals surface area contributed by atoms with Crippen LogP contribution >= 0.6 is 0 Å². The molecule has 0 saturated carbocycles. The van der Waals surface area contributed by atoms with Gasteiger partial charge >= 0.3 is 0 Å². The van der Waals surface area contributed by atoms with Crippen molar-refractivity contribution in [2.75, 3.05) is 4.90 Å². The van der Waals surface area contributed by atoms with Crippen LogP contribution in [0.15, 0.2) is 103 Å². The van der Waals surface area contributed by atoms with Crippen LogP contribution in [0, 0.1) is 0 Å². The lowest BCUT2D eigenvalue weighted by Gasteiger charge is -2.36. The Morgan fingerprint density at radius 1 is 0.815 bits per heavy atom. The van der Waals surface area contributed by atoms with Gasteiger partial charge in [-0.1, -0.05) is 78.9 Å². The number of aliphatic hydroxyl groups is 1. The number of Topliss-reactive ketones (excluding diaryl/α,β-unsaturated/α-hetero) is 1. The molecule has 0 bridgehead atoms. The third-order valence-corrected chi connectivity index (χ3v) is 4.98. The molecule has 0 fully saturated rings. The summed E-state index contributed by atoms with van der Waals surface area (Å²) in [5.74, 6) is -0.147. The first-order chi connectivity index (χ1) is 13.2. The lowest BCUT2D eigenvalue weighted by atomic mass is 9.82. The van der Waals surface area contributed by atoms with Crippen LogP contribution < -0.4 is 4.90 Å². The van der Waals surface area contributed by atoms with Crippen molar-refractivity contribution in [3.8, 4) is 0 Å². The summed E-state index contributed by atoms with van der Waals surface area (Å²) in [5.41, 5.74) is 3.27. The quantitative estimate of drug-likeness (QED) is 0.686. The molecule has 0 unspecified atom stereocenters. The Hall–Kier alpha value is -3.17. The Kier molecular flexibility index (Phi) is 4.86. The molecule has 1 N–H and O–H groups in total. The third kappa shape index (κ3) is 3.55. The summed E-state index contributed by atoms with van der Waals surface area (Å²) in [6, 6.07) is 28.9. The highest BCUT2D eigenvalue weighted by atomic mass is 16.3. The van der Waals surface area contributed by atoms with E-state index >= 15 is 0 Å². The average molecular weight is 355 g/mol. The van der Waals surface area contributed by atoms with Gasteiger partial charge in [-0.25, -0.2) is 0 Å². The molecule has 4 rings (SSSR count). The Morgan fingerprint density at radius 3 is 2.00 bits per heavy atom. The largest absolute Gasteiger partial charge is 0.373 e. The van der Waals surface area contributed by atoms with E-state index in [1.165, 1.54) is 0 Å². The van der Waals surface area contributed by atoms with Crippen LogP contribution in [0.3, 0.4) is 0 Å². The summed E-state index contributed by atoms with van der Waals surface area (Å²) in [7, 11) is 0. The number of hydrogen-bond acceptors (Lipinski definition) is 3. The molecule has 0 saturated heterocycles. The molecule has 27 heavy (non-hydrogen) atoms. The second-order valence-electron chi connectivity index (χ2n) is 6.70. The van der Waals surface area contributed by atoms with Crippen molar-refractivity contribution in [3.63, 3.8) is 0 Å². The summed E-state index contributed by atoms with van der Waals surface area (Å²) in [6.07, 6.45) is 1.59. The van der Waals surface area contributed by atoms with Gasteiger partial charge in [0.1, 0.15) is 6.23 Å². The highest BCUT2D eigenvalue weighted by Crippen LogP contribution is 2.37. The molecule has 1 aliphatic heterocycles. The molecule has 3 heteroatoms. The highest BCUT2D eigenvalue weighted by molar-refractivity contribution is 6.10. The van der Waals surface area contributed by atoms with Crippen LogP contribution in [-0.2, 0) is 0 Å². The Labute approximate surface area is 159 Å². The minimum absolute atomic E-state index is 0.00251. The molecule has 3 aromatic carbocycles. The monoisotopic (exact) mass is 355 g/mol. The summed E-state index contributed by atoms with van der Waals surface area (Å²) in [5, 5.41) is 10.8. The van der Waals surface area contributed by atoms with Crippen LogP contribution in [-0.4, -0.2) is 17.1 Å². The predicted octanol–water partition coefficient (Wildman–Crippen LogP) is 4.77. The van der Waals surface area contributed by atoms with Gasteiger partial charge in [-0.05, 0) is 17.7 Å². The van der Waals surface area contributed by atoms with Gasteiger partial charge in [0, 0.05) is 35.4 Å². The molecule has 134 valence electrons. The van der Waals surface area contributed by atoms with Crippen molar-refractivity contribution >= 4 is 11.5 Å². The zero-order chi connectivity index (χ0) is 18.6. The molecule has 0 radical (unpaired) electrons. The molecule has 1 heterocycles. The standard InChI is InChI=1S/C24H21NO2/c26-23-16-21(18-10-4-1-5-11-18)22(24(27)19-12-6-2-7-13-19)17-25(23)20-14-8-3-9-15-20/h1-15,17,21,23,26H,16H2/t21-,23+/m0/s1. The molecule has 3 nitrogen and oxygen atoms in total. The van der Waals surface area contributed by atoms with Crippen molar-refractivity contribution in [3.05, 3.63) is 114 Å². The van der Waals surface area contributed by atoms with Gasteiger partial charge in [-0.15, -0.1) is 0 Å². The normalized spacial score (nSPS) is 19.4. The molecule has 3 aromatic rings. The van der Waals surface area contributed by atoms with Crippen molar-refractivity contribution < 1.29 is 9.90 Å². The minimum atomic E-state index is -0.690. The molecule has 0 spiro atoms. The zero-order valence-electron chi connectivity index (χ0n) is 14.9. The maximum atomic E-state index is 13.3. The van der Waals surface area contributed by atoms with Crippen LogP contribution in [0.25, 0.3) is 0 Å². The summed E-state index contributed by atoms with van der Waals surface area (Å²) < 4.78 is 0. The van der Waals surface area contributed by atoms with E-state index in [1.807, 2.05) is 97.2 Å². The van der Waals surface area contributed by atoms with Crippen LogP contribution in [0.5, 0.6) is 0 Å². The van der Waals surface area contributed by atoms with Crippen molar-refractivity contribution in [1.82, 2.24) is 0 Å². The van der Waals surface area contributed by atoms with E-state index in [2.05, 4.69) is 0 Å². The average Bonchev–Trinajstić information content (AvgIpc) is 2.75. The molecule has 0 aliphatic carbocycles. The summed E-state index contributed by atoms with van der Waals surface area (Å²) in [6.45, 7) is 0. The first-order valence-corrected chi connectivity index (χ1v) is 9.12. The Morgan fingerprint density at radius 2 is 1.37 bits per heavy atom. The number of carbonyl (C=O) groups is 1. The summed E-state index contributed by atoms with van der Waals surface area (Å²) in [4.78, 5) is 15.1. The molecule has 0 amide bonds. The number of ketones is 1. The molecule has 2 atom stereocenters. The second kappa shape index (κ2) is 7.60. The molecule has 1 aliphatic rings. The molecular weight excluding hydrogens is 334 g/mol. The first kappa shape index (κ1) is 17.3. The number of nitrogens with zero attached hydrogens (tertiary/aromatic N) is 1. The Balaban J connectivity index is 1.80. The second-order valence-corrected chi connectivity index (χ2v) is 6.70. The minimum Gasteiger partial charge on any atom is -0.373 e. The van der Waals surface area contributed by atoms with Crippen molar-refractivity contribution in [2.45, 2.75) is 18.6 Å². The number of benzene rings is 3. The van der Waals surface area contributed by atoms with E-state index in [0.29, 0.717) is 17.6 Å². The van der Waals surface area contributed by atoms with Gasteiger partial charge in [0.25, 0.3) is 0 Å². The number of allylic oxidation sites excluding steroid dienone is 1. The van der Waals surface area contributed by atoms with E-state index in [9.17, 15) is 9.90 Å². The van der Waals surface area contributed by atoms with Crippen molar-refractivity contribution in [1.29, 1.82) is 0 Å². The van der Waals surface area contributed by atoms with Gasteiger partial charge in [-0.2, -0.15) is 0 Å². The number of rotatable bonds is 4. The first-order valence-electron chi connectivity index (χ1n) is 9.12. The van der Waals surface area contributed by atoms with Gasteiger partial charge in [0.2, 0.25) is 0 Å². The lowest BCUT2D eigenvalue weighted by molar-refractivity contribution is 0.101.